The van der Waals surface area contributed by atoms with E-state index in [4.69, 9.17) is 5.26 Å². The molecule has 0 spiro atoms. The molecule has 0 atom stereocenters. The van der Waals surface area contributed by atoms with Crippen LogP contribution in [0, 0.1) is 17.1 Å². The van der Waals surface area contributed by atoms with Gasteiger partial charge in [0.15, 0.2) is 0 Å². The summed E-state index contributed by atoms with van der Waals surface area (Å²) in [4.78, 5) is 0. The van der Waals surface area contributed by atoms with Crippen LogP contribution < -0.4 is 5.32 Å². The van der Waals surface area contributed by atoms with E-state index in [1.807, 2.05) is 53.3 Å². The van der Waals surface area contributed by atoms with Gasteiger partial charge in [0.05, 0.1) is 24.7 Å². The number of hydrogen-bond acceptors (Lipinski definition) is 4. The van der Waals surface area contributed by atoms with Crippen LogP contribution in [0.4, 0.5) is 4.39 Å². The highest BCUT2D eigenvalue weighted by atomic mass is 32.2. The van der Waals surface area contributed by atoms with Gasteiger partial charge in [-0.1, -0.05) is 48.5 Å². The molecule has 0 saturated heterocycles. The number of benzene rings is 2. The number of hydrogen-bond donors (Lipinski definition) is 1. The molecule has 6 heteroatoms. The van der Waals surface area contributed by atoms with Crippen LogP contribution in [-0.4, -0.2) is 22.1 Å². The van der Waals surface area contributed by atoms with E-state index in [2.05, 4.69) is 16.5 Å². The highest BCUT2D eigenvalue weighted by molar-refractivity contribution is 7.98. The van der Waals surface area contributed by atoms with E-state index in [0.717, 1.165) is 34.7 Å². The van der Waals surface area contributed by atoms with Crippen molar-refractivity contribution < 1.29 is 4.39 Å². The van der Waals surface area contributed by atoms with Gasteiger partial charge in [-0.3, -0.25) is 4.68 Å². The SMILES string of the molecule is N#CCCn1cc(CNCCSCc2ccccc2F)c(-c2ccccc2)n1. The van der Waals surface area contributed by atoms with E-state index < -0.39 is 0 Å². The first-order valence-electron chi connectivity index (χ1n) is 9.28. The molecule has 0 amide bonds. The minimum absolute atomic E-state index is 0.139. The number of nitrogens with zero attached hydrogens (tertiary/aromatic N) is 3. The monoisotopic (exact) mass is 394 g/mol. The van der Waals surface area contributed by atoms with Crippen molar-refractivity contribution in [1.82, 2.24) is 15.1 Å². The van der Waals surface area contributed by atoms with Gasteiger partial charge in [0.1, 0.15) is 5.82 Å². The predicted octanol–water partition coefficient (Wildman–Crippen LogP) is 4.63. The maximum Gasteiger partial charge on any atom is 0.127 e. The van der Waals surface area contributed by atoms with Crippen molar-refractivity contribution in [2.24, 2.45) is 0 Å². The fourth-order valence-corrected chi connectivity index (χ4v) is 3.76. The molecule has 0 radical (unpaired) electrons. The Kier molecular flexibility index (Phi) is 7.65. The molecule has 0 unspecified atom stereocenters. The summed E-state index contributed by atoms with van der Waals surface area (Å²) < 4.78 is 15.5. The van der Waals surface area contributed by atoms with E-state index >= 15 is 0 Å². The highest BCUT2D eigenvalue weighted by Gasteiger charge is 2.11. The Labute approximate surface area is 169 Å². The summed E-state index contributed by atoms with van der Waals surface area (Å²) in [6.45, 7) is 2.13. The van der Waals surface area contributed by atoms with Crippen LogP contribution in [0.1, 0.15) is 17.5 Å². The fourth-order valence-electron chi connectivity index (χ4n) is 2.88. The molecule has 0 aliphatic heterocycles. The standard InChI is InChI=1S/C22H23FN4S/c23-21-10-5-4-9-19(21)17-28-14-12-25-15-20-16-27(13-6-11-24)26-22(20)18-7-2-1-3-8-18/h1-5,7-10,16,25H,6,12-15,17H2. The summed E-state index contributed by atoms with van der Waals surface area (Å²) in [7, 11) is 0. The first kappa shape index (κ1) is 20.1. The Morgan fingerprint density at radius 2 is 1.86 bits per heavy atom. The Hall–Kier alpha value is -2.62. The topological polar surface area (TPSA) is 53.6 Å². The van der Waals surface area contributed by atoms with Gasteiger partial charge in [-0.2, -0.15) is 22.1 Å². The second-order valence-electron chi connectivity index (χ2n) is 6.36. The molecule has 0 fully saturated rings. The molecule has 1 heterocycles. The molecular weight excluding hydrogens is 371 g/mol. The number of aromatic nitrogens is 2. The summed E-state index contributed by atoms with van der Waals surface area (Å²) in [6.07, 6.45) is 2.45. The second-order valence-corrected chi connectivity index (χ2v) is 7.47. The average molecular weight is 395 g/mol. The Morgan fingerprint density at radius 3 is 2.64 bits per heavy atom. The number of rotatable bonds is 10. The summed E-state index contributed by atoms with van der Waals surface area (Å²) in [5, 5.41) is 16.9. The van der Waals surface area contributed by atoms with Crippen LogP contribution >= 0.6 is 11.8 Å². The normalized spacial score (nSPS) is 10.7. The quantitative estimate of drug-likeness (QED) is 0.510. The van der Waals surface area contributed by atoms with Gasteiger partial charge in [0.25, 0.3) is 0 Å². The minimum Gasteiger partial charge on any atom is -0.312 e. The van der Waals surface area contributed by atoms with Crippen molar-refractivity contribution >= 4 is 11.8 Å². The van der Waals surface area contributed by atoms with E-state index in [0.29, 0.717) is 25.3 Å². The Morgan fingerprint density at radius 1 is 1.07 bits per heavy atom. The molecule has 0 aliphatic carbocycles. The van der Waals surface area contributed by atoms with Crippen LogP contribution in [0.25, 0.3) is 11.3 Å². The molecular formula is C22H23FN4S. The van der Waals surface area contributed by atoms with E-state index in [1.54, 1.807) is 17.8 Å². The molecule has 28 heavy (non-hydrogen) atoms. The lowest BCUT2D eigenvalue weighted by Crippen LogP contribution is -2.16. The average Bonchev–Trinajstić information content (AvgIpc) is 3.14. The van der Waals surface area contributed by atoms with Crippen LogP contribution in [0.15, 0.2) is 60.8 Å². The maximum atomic E-state index is 13.6. The smallest absolute Gasteiger partial charge is 0.127 e. The lowest BCUT2D eigenvalue weighted by molar-refractivity contribution is 0.617. The lowest BCUT2D eigenvalue weighted by atomic mass is 10.1. The van der Waals surface area contributed by atoms with E-state index in [9.17, 15) is 4.39 Å². The lowest BCUT2D eigenvalue weighted by Gasteiger charge is -2.06. The van der Waals surface area contributed by atoms with Gasteiger partial charge < -0.3 is 5.32 Å². The zero-order chi connectivity index (χ0) is 19.6. The third kappa shape index (κ3) is 5.69. The largest absolute Gasteiger partial charge is 0.312 e. The first-order valence-corrected chi connectivity index (χ1v) is 10.4. The van der Waals surface area contributed by atoms with Crippen LogP contribution in [0.5, 0.6) is 0 Å². The molecule has 2 aromatic carbocycles. The number of halogens is 1. The molecule has 144 valence electrons. The third-order valence-electron chi connectivity index (χ3n) is 4.29. The molecule has 3 rings (SSSR count). The molecule has 0 bridgehead atoms. The summed E-state index contributed by atoms with van der Waals surface area (Å²) in [5.74, 6) is 1.44. The van der Waals surface area contributed by atoms with E-state index in [-0.39, 0.29) is 5.82 Å². The first-order chi connectivity index (χ1) is 13.8. The summed E-state index contributed by atoms with van der Waals surface area (Å²) in [6, 6.07) is 19.2. The second kappa shape index (κ2) is 10.6. The van der Waals surface area contributed by atoms with Gasteiger partial charge in [-0.05, 0) is 11.6 Å². The van der Waals surface area contributed by atoms with Crippen molar-refractivity contribution in [2.75, 3.05) is 12.3 Å². The molecule has 1 N–H and O–H groups in total. The molecule has 0 aliphatic rings. The van der Waals surface area contributed by atoms with Crippen LogP contribution in [0.3, 0.4) is 0 Å². The van der Waals surface area contributed by atoms with E-state index in [1.165, 1.54) is 6.07 Å². The summed E-state index contributed by atoms with van der Waals surface area (Å²) >= 11 is 1.71. The zero-order valence-corrected chi connectivity index (χ0v) is 16.5. The van der Waals surface area contributed by atoms with Crippen LogP contribution in [-0.2, 0) is 18.8 Å². The van der Waals surface area contributed by atoms with Gasteiger partial charge >= 0.3 is 0 Å². The maximum absolute atomic E-state index is 13.6. The summed E-state index contributed by atoms with van der Waals surface area (Å²) in [5.41, 5.74) is 3.88. The number of nitriles is 1. The molecule has 1 aromatic heterocycles. The third-order valence-corrected chi connectivity index (χ3v) is 5.30. The van der Waals surface area contributed by atoms with Crippen molar-refractivity contribution in [3.8, 4) is 17.3 Å². The molecule has 4 nitrogen and oxygen atoms in total. The van der Waals surface area contributed by atoms with Crippen molar-refractivity contribution in [3.63, 3.8) is 0 Å². The van der Waals surface area contributed by atoms with Crippen molar-refractivity contribution in [3.05, 3.63) is 77.7 Å². The predicted molar refractivity (Wildman–Crippen MR) is 112 cm³/mol. The number of nitrogens with one attached hydrogen (secondary N) is 1. The highest BCUT2D eigenvalue weighted by Crippen LogP contribution is 2.22. The fraction of sp³-hybridized carbons (Fsp3) is 0.273. The van der Waals surface area contributed by atoms with Gasteiger partial charge in [-0.25, -0.2) is 4.39 Å². The molecule has 3 aromatic rings. The van der Waals surface area contributed by atoms with Gasteiger partial charge in [-0.15, -0.1) is 0 Å². The Balaban J connectivity index is 1.52. The van der Waals surface area contributed by atoms with Crippen molar-refractivity contribution in [2.45, 2.75) is 25.3 Å². The minimum atomic E-state index is -0.139. The Bertz CT molecular complexity index is 918. The van der Waals surface area contributed by atoms with Crippen molar-refractivity contribution in [1.29, 1.82) is 5.26 Å². The number of aryl methyl sites for hydroxylation is 1. The molecule has 0 saturated carbocycles. The van der Waals surface area contributed by atoms with Crippen LogP contribution in [0.2, 0.25) is 0 Å². The zero-order valence-electron chi connectivity index (χ0n) is 15.6. The number of thioether (sulfide) groups is 1. The van der Waals surface area contributed by atoms with Gasteiger partial charge in [0.2, 0.25) is 0 Å². The van der Waals surface area contributed by atoms with Gasteiger partial charge in [0, 0.05) is 41.9 Å².